The lowest BCUT2D eigenvalue weighted by Crippen LogP contribution is -2.44. The van der Waals surface area contributed by atoms with E-state index in [-0.39, 0.29) is 18.6 Å². The number of aliphatic hydroxyl groups is 1. The van der Waals surface area contributed by atoms with Gasteiger partial charge in [0.05, 0.1) is 30.3 Å². The van der Waals surface area contributed by atoms with Crippen molar-refractivity contribution in [2.75, 3.05) is 13.2 Å². The minimum Gasteiger partial charge on any atom is -0.395 e. The first kappa shape index (κ1) is 17.7. The third-order valence-corrected chi connectivity index (χ3v) is 5.38. The summed E-state index contributed by atoms with van der Waals surface area (Å²) in [7, 11) is 0. The molecule has 0 aliphatic carbocycles. The number of imidazole rings is 2. The zero-order valence-corrected chi connectivity index (χ0v) is 15.4. The summed E-state index contributed by atoms with van der Waals surface area (Å²) in [5, 5.41) is 9.14. The summed E-state index contributed by atoms with van der Waals surface area (Å²) in [5.74, 6) is 0.0870. The first-order valence-electron chi connectivity index (χ1n) is 9.59. The molecule has 0 radical (unpaired) electrons. The van der Waals surface area contributed by atoms with Gasteiger partial charge in [0.25, 0.3) is 5.91 Å². The van der Waals surface area contributed by atoms with Crippen molar-refractivity contribution in [2.24, 2.45) is 0 Å². The number of aryl methyl sites for hydroxylation is 1. The number of piperidine rings is 1. The second-order valence-corrected chi connectivity index (χ2v) is 7.10. The first-order chi connectivity index (χ1) is 13.3. The molecule has 27 heavy (non-hydrogen) atoms. The number of amides is 1. The van der Waals surface area contributed by atoms with Crippen LogP contribution >= 0.6 is 0 Å². The van der Waals surface area contributed by atoms with E-state index in [9.17, 15) is 4.79 Å². The van der Waals surface area contributed by atoms with E-state index in [1.807, 2.05) is 40.2 Å². The largest absolute Gasteiger partial charge is 0.395 e. The fourth-order valence-electron chi connectivity index (χ4n) is 3.93. The van der Waals surface area contributed by atoms with Gasteiger partial charge in [0, 0.05) is 43.6 Å². The number of aromatic nitrogens is 4. The average Bonchev–Trinajstić information content (AvgIpc) is 3.36. The first-order valence-corrected chi connectivity index (χ1v) is 9.59. The van der Waals surface area contributed by atoms with Crippen LogP contribution in [0.5, 0.6) is 0 Å². The maximum atomic E-state index is 13.2. The molecule has 7 nitrogen and oxygen atoms in total. The number of hydrogen-bond donors (Lipinski definition) is 1. The highest BCUT2D eigenvalue weighted by Gasteiger charge is 2.27. The van der Waals surface area contributed by atoms with Crippen LogP contribution in [-0.2, 0) is 13.1 Å². The van der Waals surface area contributed by atoms with Crippen LogP contribution in [0.3, 0.4) is 0 Å². The maximum absolute atomic E-state index is 13.2. The van der Waals surface area contributed by atoms with Gasteiger partial charge in [-0.3, -0.25) is 4.79 Å². The van der Waals surface area contributed by atoms with Gasteiger partial charge in [0.2, 0.25) is 0 Å². The van der Waals surface area contributed by atoms with Crippen molar-refractivity contribution in [3.05, 3.63) is 48.8 Å². The molecule has 1 aliphatic rings. The van der Waals surface area contributed by atoms with Crippen molar-refractivity contribution in [3.63, 3.8) is 0 Å². The summed E-state index contributed by atoms with van der Waals surface area (Å²) in [6.45, 7) is 2.26. The number of likely N-dealkylation sites (tertiary alicyclic amines) is 1. The van der Waals surface area contributed by atoms with Gasteiger partial charge in [0.15, 0.2) is 0 Å². The molecule has 4 rings (SSSR count). The topological polar surface area (TPSA) is 76.2 Å². The van der Waals surface area contributed by atoms with Crippen LogP contribution in [0, 0.1) is 0 Å². The van der Waals surface area contributed by atoms with Crippen LogP contribution < -0.4 is 0 Å². The number of aliphatic hydroxyl groups excluding tert-OH is 1. The number of fused-ring (bicyclic) bond motifs is 1. The lowest BCUT2D eigenvalue weighted by Gasteiger charge is -2.36. The Bertz CT molecular complexity index is 902. The van der Waals surface area contributed by atoms with Gasteiger partial charge >= 0.3 is 0 Å². The number of carbonyl (C=O) groups is 1. The Morgan fingerprint density at radius 2 is 2.15 bits per heavy atom. The number of benzene rings is 1. The second kappa shape index (κ2) is 7.92. The average molecular weight is 367 g/mol. The molecule has 0 unspecified atom stereocenters. The predicted molar refractivity (Wildman–Crippen MR) is 102 cm³/mol. The minimum atomic E-state index is 0.0680. The van der Waals surface area contributed by atoms with Crippen LogP contribution in [0.4, 0.5) is 0 Å². The van der Waals surface area contributed by atoms with Gasteiger partial charge in [-0.05, 0) is 43.9 Å². The third kappa shape index (κ3) is 3.73. The minimum absolute atomic E-state index is 0.0680. The van der Waals surface area contributed by atoms with Crippen LogP contribution in [0.1, 0.15) is 36.0 Å². The Morgan fingerprint density at radius 3 is 2.96 bits per heavy atom. The normalized spacial score (nSPS) is 17.5. The van der Waals surface area contributed by atoms with Crippen molar-refractivity contribution in [2.45, 2.75) is 44.8 Å². The number of rotatable bonds is 6. The molecule has 1 fully saturated rings. The Hall–Kier alpha value is -2.67. The molecule has 0 saturated carbocycles. The van der Waals surface area contributed by atoms with Crippen molar-refractivity contribution >= 4 is 16.9 Å². The van der Waals surface area contributed by atoms with Gasteiger partial charge in [-0.25, -0.2) is 9.97 Å². The summed E-state index contributed by atoms with van der Waals surface area (Å²) >= 11 is 0. The highest BCUT2D eigenvalue weighted by atomic mass is 16.3. The van der Waals surface area contributed by atoms with Gasteiger partial charge < -0.3 is 19.1 Å². The summed E-state index contributed by atoms with van der Waals surface area (Å²) < 4.78 is 3.97. The van der Waals surface area contributed by atoms with E-state index in [0.29, 0.717) is 12.1 Å². The molecule has 1 aliphatic heterocycles. The number of hydrogen-bond acceptors (Lipinski definition) is 4. The summed E-state index contributed by atoms with van der Waals surface area (Å²) in [6.07, 6.45) is 11.5. The van der Waals surface area contributed by atoms with E-state index < -0.39 is 0 Å². The lowest BCUT2D eigenvalue weighted by molar-refractivity contribution is 0.0595. The van der Waals surface area contributed by atoms with Gasteiger partial charge in [-0.2, -0.15) is 0 Å². The Balaban J connectivity index is 1.51. The molecule has 1 amide bonds. The van der Waals surface area contributed by atoms with Crippen LogP contribution in [0.15, 0.2) is 43.2 Å². The quantitative estimate of drug-likeness (QED) is 0.725. The molecule has 142 valence electrons. The molecule has 2 aromatic heterocycles. The smallest absolute Gasteiger partial charge is 0.254 e. The number of nitrogens with zero attached hydrogens (tertiary/aromatic N) is 5. The summed E-state index contributed by atoms with van der Waals surface area (Å²) in [4.78, 5) is 23.7. The van der Waals surface area contributed by atoms with E-state index >= 15 is 0 Å². The third-order valence-electron chi connectivity index (χ3n) is 5.38. The molecule has 1 aromatic carbocycles. The highest BCUT2D eigenvalue weighted by Crippen LogP contribution is 2.24. The van der Waals surface area contributed by atoms with E-state index in [0.717, 1.165) is 43.4 Å². The predicted octanol–water partition coefficient (Wildman–Crippen LogP) is 2.31. The van der Waals surface area contributed by atoms with E-state index in [1.165, 1.54) is 6.42 Å². The fourth-order valence-corrected chi connectivity index (χ4v) is 3.93. The zero-order valence-electron chi connectivity index (χ0n) is 15.4. The van der Waals surface area contributed by atoms with Crippen LogP contribution in [0.25, 0.3) is 11.0 Å². The highest BCUT2D eigenvalue weighted by molar-refractivity contribution is 5.97. The van der Waals surface area contributed by atoms with Crippen molar-refractivity contribution < 1.29 is 9.90 Å². The molecular formula is C20H25N5O2. The fraction of sp³-hybridized carbons (Fsp3) is 0.450. The molecule has 7 heteroatoms. The van der Waals surface area contributed by atoms with Crippen molar-refractivity contribution in [1.82, 2.24) is 24.0 Å². The SMILES string of the molecule is O=C(c1ccc2c(c1)ncn2CCO)N1CCCC[C@H]1CCn1ccnc1. The number of carbonyl (C=O) groups excluding carboxylic acids is 1. The van der Waals surface area contributed by atoms with Crippen molar-refractivity contribution in [1.29, 1.82) is 0 Å². The van der Waals surface area contributed by atoms with Gasteiger partial charge in [-0.15, -0.1) is 0 Å². The van der Waals surface area contributed by atoms with Crippen LogP contribution in [-0.4, -0.2) is 54.2 Å². The van der Waals surface area contributed by atoms with Crippen molar-refractivity contribution in [3.8, 4) is 0 Å². The Labute approximate surface area is 158 Å². The second-order valence-electron chi connectivity index (χ2n) is 7.10. The molecule has 1 saturated heterocycles. The van der Waals surface area contributed by atoms with Gasteiger partial charge in [0.1, 0.15) is 0 Å². The van der Waals surface area contributed by atoms with E-state index in [1.54, 1.807) is 12.5 Å². The lowest BCUT2D eigenvalue weighted by atomic mass is 9.98. The maximum Gasteiger partial charge on any atom is 0.254 e. The van der Waals surface area contributed by atoms with E-state index in [4.69, 9.17) is 5.11 Å². The summed E-state index contributed by atoms with van der Waals surface area (Å²) in [6, 6.07) is 5.93. The Morgan fingerprint density at radius 1 is 1.22 bits per heavy atom. The zero-order chi connectivity index (χ0) is 18.6. The van der Waals surface area contributed by atoms with Crippen LogP contribution in [0.2, 0.25) is 0 Å². The van der Waals surface area contributed by atoms with E-state index in [2.05, 4.69) is 14.5 Å². The molecule has 1 atom stereocenters. The molecule has 0 spiro atoms. The molecule has 3 aromatic rings. The summed E-state index contributed by atoms with van der Waals surface area (Å²) in [5.41, 5.74) is 2.42. The molecular weight excluding hydrogens is 342 g/mol. The Kier molecular flexibility index (Phi) is 5.20. The van der Waals surface area contributed by atoms with Gasteiger partial charge in [-0.1, -0.05) is 0 Å². The standard InChI is InChI=1S/C20H25N5O2/c26-12-11-24-15-22-18-13-16(4-5-19(18)24)20(27)25-8-2-1-3-17(25)6-9-23-10-7-21-14-23/h4-5,7,10,13-15,17,26H,1-3,6,8-9,11-12H2/t17-/m0/s1. The monoisotopic (exact) mass is 367 g/mol. The molecule has 3 heterocycles. The molecule has 0 bridgehead atoms. The molecule has 1 N–H and O–H groups in total.